The Morgan fingerprint density at radius 3 is 2.70 bits per heavy atom. The molecular weight excluding hydrogens is 256 g/mol. The lowest BCUT2D eigenvalue weighted by molar-refractivity contribution is 0.0914. The van der Waals surface area contributed by atoms with E-state index in [4.69, 9.17) is 9.52 Å². The van der Waals surface area contributed by atoms with Gasteiger partial charge in [-0.05, 0) is 37.6 Å². The van der Waals surface area contributed by atoms with Crippen LogP contribution < -0.4 is 5.32 Å². The summed E-state index contributed by atoms with van der Waals surface area (Å²) in [6.07, 6.45) is 0.686. The molecule has 1 heterocycles. The number of aliphatic hydroxyl groups excluding tert-OH is 1. The molecule has 1 aromatic heterocycles. The lowest BCUT2D eigenvalue weighted by Crippen LogP contribution is -2.28. The first-order valence-electron chi connectivity index (χ1n) is 7.30. The van der Waals surface area contributed by atoms with E-state index in [1.807, 2.05) is 13.0 Å². The van der Waals surface area contributed by atoms with E-state index in [9.17, 15) is 4.79 Å². The van der Waals surface area contributed by atoms with Crippen LogP contribution in [-0.4, -0.2) is 42.2 Å². The zero-order valence-electron chi connectivity index (χ0n) is 12.7. The second-order valence-corrected chi connectivity index (χ2v) is 5.05. The highest BCUT2D eigenvalue weighted by atomic mass is 16.4. The molecule has 5 nitrogen and oxygen atoms in total. The van der Waals surface area contributed by atoms with Gasteiger partial charge in [0.05, 0.1) is 6.54 Å². The molecule has 0 saturated carbocycles. The molecule has 1 unspecified atom stereocenters. The molecule has 0 saturated heterocycles. The lowest BCUT2D eigenvalue weighted by atomic mass is 10.1. The van der Waals surface area contributed by atoms with Crippen molar-refractivity contribution < 1.29 is 14.3 Å². The number of carbonyl (C=O) groups is 1. The maximum absolute atomic E-state index is 11.9. The van der Waals surface area contributed by atoms with Gasteiger partial charge in [-0.15, -0.1) is 0 Å². The van der Waals surface area contributed by atoms with Crippen molar-refractivity contribution in [3.63, 3.8) is 0 Å². The largest absolute Gasteiger partial charge is 0.455 e. The minimum absolute atomic E-state index is 0.145. The third kappa shape index (κ3) is 5.35. The van der Waals surface area contributed by atoms with Crippen molar-refractivity contribution >= 4 is 5.91 Å². The summed E-state index contributed by atoms with van der Waals surface area (Å²) in [5.41, 5.74) is 0. The van der Waals surface area contributed by atoms with Crippen molar-refractivity contribution in [3.8, 4) is 0 Å². The molecule has 0 aliphatic carbocycles. The second-order valence-electron chi connectivity index (χ2n) is 5.05. The summed E-state index contributed by atoms with van der Waals surface area (Å²) in [6, 6.07) is 3.56. The lowest BCUT2D eigenvalue weighted by Gasteiger charge is -2.15. The van der Waals surface area contributed by atoms with Gasteiger partial charge in [0.2, 0.25) is 0 Å². The van der Waals surface area contributed by atoms with Crippen LogP contribution in [0.4, 0.5) is 0 Å². The van der Waals surface area contributed by atoms with E-state index in [2.05, 4.69) is 24.1 Å². The van der Waals surface area contributed by atoms with Crippen molar-refractivity contribution in [1.82, 2.24) is 10.2 Å². The third-order valence-corrected chi connectivity index (χ3v) is 3.39. The zero-order valence-corrected chi connectivity index (χ0v) is 12.7. The predicted molar refractivity (Wildman–Crippen MR) is 78.5 cm³/mol. The van der Waals surface area contributed by atoms with E-state index in [1.54, 1.807) is 6.07 Å². The molecule has 114 valence electrons. The molecule has 0 fully saturated rings. The van der Waals surface area contributed by atoms with Gasteiger partial charge in [0.1, 0.15) is 5.76 Å². The van der Waals surface area contributed by atoms with Gasteiger partial charge in [-0.25, -0.2) is 0 Å². The van der Waals surface area contributed by atoms with Crippen molar-refractivity contribution in [2.45, 2.75) is 33.7 Å². The van der Waals surface area contributed by atoms with Gasteiger partial charge in [0.25, 0.3) is 5.91 Å². The Balaban J connectivity index is 2.47. The fourth-order valence-electron chi connectivity index (χ4n) is 1.93. The summed E-state index contributed by atoms with van der Waals surface area (Å²) in [5.74, 6) is 1.22. The Kier molecular flexibility index (Phi) is 7.33. The van der Waals surface area contributed by atoms with Crippen LogP contribution in [0.25, 0.3) is 0 Å². The summed E-state index contributed by atoms with van der Waals surface area (Å²) in [5, 5.41) is 11.6. The zero-order chi connectivity index (χ0) is 15.0. The molecule has 1 amide bonds. The molecule has 0 bridgehead atoms. The van der Waals surface area contributed by atoms with E-state index in [-0.39, 0.29) is 18.4 Å². The maximum atomic E-state index is 11.9. The van der Waals surface area contributed by atoms with Gasteiger partial charge in [0, 0.05) is 13.2 Å². The Bertz CT molecular complexity index is 400. The third-order valence-electron chi connectivity index (χ3n) is 3.39. The quantitative estimate of drug-likeness (QED) is 0.725. The topological polar surface area (TPSA) is 65.7 Å². The van der Waals surface area contributed by atoms with E-state index in [1.165, 1.54) is 0 Å². The van der Waals surface area contributed by atoms with E-state index in [0.717, 1.165) is 25.4 Å². The van der Waals surface area contributed by atoms with Crippen LogP contribution in [0.2, 0.25) is 0 Å². The Morgan fingerprint density at radius 1 is 1.40 bits per heavy atom. The summed E-state index contributed by atoms with van der Waals surface area (Å²) >= 11 is 0. The van der Waals surface area contributed by atoms with Gasteiger partial charge < -0.3 is 14.8 Å². The summed E-state index contributed by atoms with van der Waals surface area (Å²) in [7, 11) is 0. The first kappa shape index (κ1) is 16.7. The van der Waals surface area contributed by atoms with Gasteiger partial charge >= 0.3 is 0 Å². The number of nitrogens with one attached hydrogen (secondary N) is 1. The number of nitrogens with zero attached hydrogens (tertiary/aromatic N) is 1. The summed E-state index contributed by atoms with van der Waals surface area (Å²) in [4.78, 5) is 14.1. The van der Waals surface area contributed by atoms with Crippen LogP contribution in [0.15, 0.2) is 16.5 Å². The highest BCUT2D eigenvalue weighted by Crippen LogP contribution is 2.11. The van der Waals surface area contributed by atoms with E-state index < -0.39 is 0 Å². The first-order chi connectivity index (χ1) is 9.60. The number of rotatable bonds is 9. The highest BCUT2D eigenvalue weighted by Gasteiger charge is 2.13. The highest BCUT2D eigenvalue weighted by molar-refractivity contribution is 5.91. The first-order valence-corrected chi connectivity index (χ1v) is 7.30. The smallest absolute Gasteiger partial charge is 0.287 e. The van der Waals surface area contributed by atoms with Crippen molar-refractivity contribution in [1.29, 1.82) is 0 Å². The van der Waals surface area contributed by atoms with Crippen LogP contribution >= 0.6 is 0 Å². The fourth-order valence-corrected chi connectivity index (χ4v) is 1.93. The number of aliphatic hydroxyl groups is 1. The van der Waals surface area contributed by atoms with Crippen molar-refractivity contribution in [3.05, 3.63) is 23.7 Å². The normalized spacial score (nSPS) is 12.7. The average Bonchev–Trinajstić information content (AvgIpc) is 2.91. The number of furan rings is 1. The Labute approximate surface area is 121 Å². The molecule has 0 spiro atoms. The molecule has 0 aliphatic heterocycles. The van der Waals surface area contributed by atoms with Crippen molar-refractivity contribution in [2.75, 3.05) is 26.2 Å². The molecule has 5 heteroatoms. The molecule has 0 radical (unpaired) electrons. The van der Waals surface area contributed by atoms with E-state index in [0.29, 0.717) is 18.7 Å². The van der Waals surface area contributed by atoms with Gasteiger partial charge in [-0.3, -0.25) is 9.69 Å². The van der Waals surface area contributed by atoms with Gasteiger partial charge in [-0.2, -0.15) is 0 Å². The number of hydrogen-bond acceptors (Lipinski definition) is 4. The van der Waals surface area contributed by atoms with Crippen LogP contribution in [0.5, 0.6) is 0 Å². The predicted octanol–water partition coefficient (Wildman–Crippen LogP) is 1.87. The molecule has 0 aliphatic rings. The van der Waals surface area contributed by atoms with Crippen LogP contribution in [0, 0.1) is 5.92 Å². The molecule has 1 rings (SSSR count). The number of hydrogen-bond donors (Lipinski definition) is 2. The second kappa shape index (κ2) is 8.76. The minimum atomic E-state index is -0.194. The molecule has 0 aromatic carbocycles. The van der Waals surface area contributed by atoms with Crippen LogP contribution in [0.1, 0.15) is 43.5 Å². The SMILES string of the molecule is CCN(CC)Cc1ccc(C(=O)NCC(C)CCO)o1. The number of amides is 1. The molecule has 20 heavy (non-hydrogen) atoms. The molecular formula is C15H26N2O3. The monoisotopic (exact) mass is 282 g/mol. The maximum Gasteiger partial charge on any atom is 0.287 e. The fraction of sp³-hybridized carbons (Fsp3) is 0.667. The standard InChI is InChI=1S/C15H26N2O3/c1-4-17(5-2)11-13-6-7-14(20-13)15(19)16-10-12(3)8-9-18/h6-7,12,18H,4-5,8-11H2,1-3H3,(H,16,19). The summed E-state index contributed by atoms with van der Waals surface area (Å²) in [6.45, 7) is 9.52. The summed E-state index contributed by atoms with van der Waals surface area (Å²) < 4.78 is 5.57. The molecule has 1 atom stereocenters. The number of carbonyl (C=O) groups excluding carboxylic acids is 1. The van der Waals surface area contributed by atoms with E-state index >= 15 is 0 Å². The Morgan fingerprint density at radius 2 is 2.10 bits per heavy atom. The van der Waals surface area contributed by atoms with Gasteiger partial charge in [0.15, 0.2) is 5.76 Å². The van der Waals surface area contributed by atoms with Crippen molar-refractivity contribution in [2.24, 2.45) is 5.92 Å². The molecule has 1 aromatic rings. The van der Waals surface area contributed by atoms with Crippen LogP contribution in [-0.2, 0) is 6.54 Å². The van der Waals surface area contributed by atoms with Crippen LogP contribution in [0.3, 0.4) is 0 Å². The Hall–Kier alpha value is -1.33. The average molecular weight is 282 g/mol. The molecule has 2 N–H and O–H groups in total. The minimum Gasteiger partial charge on any atom is -0.455 e. The van der Waals surface area contributed by atoms with Gasteiger partial charge in [-0.1, -0.05) is 20.8 Å².